The van der Waals surface area contributed by atoms with Crippen LogP contribution in [0.1, 0.15) is 76.6 Å². The van der Waals surface area contributed by atoms with Crippen LogP contribution in [0, 0.1) is 6.92 Å². The molecule has 25 heavy (non-hydrogen) atoms. The number of fused-ring (bicyclic) bond motifs is 1. The van der Waals surface area contributed by atoms with Crippen LogP contribution < -0.4 is 5.73 Å². The van der Waals surface area contributed by atoms with E-state index in [0.29, 0.717) is 17.0 Å². The van der Waals surface area contributed by atoms with E-state index in [1.807, 2.05) is 13.0 Å². The summed E-state index contributed by atoms with van der Waals surface area (Å²) in [7, 11) is 0. The second-order valence-electron chi connectivity index (χ2n) is 7.02. The first kappa shape index (κ1) is 16.0. The zero-order chi connectivity index (χ0) is 17.8. The molecule has 1 saturated carbocycles. The summed E-state index contributed by atoms with van der Waals surface area (Å²) in [5, 5.41) is 4.02. The van der Waals surface area contributed by atoms with Crippen LogP contribution >= 0.6 is 0 Å². The molecule has 0 saturated heterocycles. The number of aryl methyl sites for hydroxylation is 1. The number of carbonyl (C=O) groups is 2. The molecule has 0 bridgehead atoms. The van der Waals surface area contributed by atoms with Gasteiger partial charge >= 0.3 is 0 Å². The van der Waals surface area contributed by atoms with E-state index in [1.54, 1.807) is 19.1 Å². The molecule has 1 aromatic carbocycles. The Hall–Kier alpha value is -2.54. The summed E-state index contributed by atoms with van der Waals surface area (Å²) in [4.78, 5) is 30.9. The fraction of sp³-hybridized carbons (Fsp3) is 0.444. The molecule has 2 aliphatic rings. The number of nitrogens with zero attached hydrogens (tertiary/aromatic N) is 3. The number of hydrogen-bond donors (Lipinski definition) is 1. The van der Waals surface area contributed by atoms with Gasteiger partial charge in [-0.3, -0.25) is 14.5 Å². The summed E-state index contributed by atoms with van der Waals surface area (Å²) >= 11 is 0. The minimum atomic E-state index is -0.640. The molecule has 2 aromatic rings. The number of carbonyl (C=O) groups excluding carboxylic acids is 2. The maximum Gasteiger partial charge on any atom is 0.262 e. The summed E-state index contributed by atoms with van der Waals surface area (Å²) < 4.78 is 5.35. The summed E-state index contributed by atoms with van der Waals surface area (Å²) in [5.41, 5.74) is 7.55. The molecule has 7 nitrogen and oxygen atoms in total. The molecule has 1 atom stereocenters. The molecule has 7 heteroatoms. The number of hydrogen-bond acceptors (Lipinski definition) is 6. The highest BCUT2D eigenvalue weighted by molar-refractivity contribution is 6.21. The molecule has 4 rings (SSSR count). The molecule has 1 aliphatic carbocycles. The number of aromatic nitrogens is 2. The van der Waals surface area contributed by atoms with E-state index in [1.165, 1.54) is 4.90 Å². The van der Waals surface area contributed by atoms with Crippen LogP contribution in [0.25, 0.3) is 0 Å². The van der Waals surface area contributed by atoms with Gasteiger partial charge in [0.15, 0.2) is 5.82 Å². The van der Waals surface area contributed by atoms with Crippen LogP contribution in [0.15, 0.2) is 22.7 Å². The van der Waals surface area contributed by atoms with Crippen molar-refractivity contribution in [1.82, 2.24) is 15.0 Å². The van der Waals surface area contributed by atoms with E-state index >= 15 is 0 Å². The van der Waals surface area contributed by atoms with E-state index in [-0.39, 0.29) is 17.7 Å². The highest BCUT2D eigenvalue weighted by atomic mass is 16.5. The Balaban J connectivity index is 1.64. The third-order valence-corrected chi connectivity index (χ3v) is 5.20. The van der Waals surface area contributed by atoms with Crippen LogP contribution in [-0.4, -0.2) is 26.9 Å². The Bertz CT molecular complexity index is 867. The quantitative estimate of drug-likeness (QED) is 0.861. The van der Waals surface area contributed by atoms with Crippen molar-refractivity contribution in [3.63, 3.8) is 0 Å². The summed E-state index contributed by atoms with van der Waals surface area (Å²) in [5.74, 6) is 0.0205. The number of rotatable bonds is 3. The fourth-order valence-corrected chi connectivity index (χ4v) is 3.67. The van der Waals surface area contributed by atoms with E-state index in [4.69, 9.17) is 10.3 Å². The van der Waals surface area contributed by atoms with Gasteiger partial charge in [-0.25, -0.2) is 0 Å². The lowest BCUT2D eigenvalue weighted by Crippen LogP contribution is -2.35. The maximum atomic E-state index is 12.7. The average molecular weight is 340 g/mol. The normalized spacial score (nSPS) is 20.2. The van der Waals surface area contributed by atoms with E-state index in [2.05, 4.69) is 10.1 Å². The van der Waals surface area contributed by atoms with Crippen molar-refractivity contribution in [2.45, 2.75) is 51.1 Å². The molecule has 2 N–H and O–H groups in total. The van der Waals surface area contributed by atoms with Crippen LogP contribution in [0.2, 0.25) is 0 Å². The van der Waals surface area contributed by atoms with Crippen molar-refractivity contribution in [2.75, 3.05) is 0 Å². The molecule has 1 fully saturated rings. The van der Waals surface area contributed by atoms with Gasteiger partial charge < -0.3 is 10.3 Å². The van der Waals surface area contributed by atoms with Gasteiger partial charge in [0.2, 0.25) is 5.89 Å². The molecule has 1 aromatic heterocycles. The van der Waals surface area contributed by atoms with Crippen LogP contribution in [-0.2, 0) is 5.54 Å². The Morgan fingerprint density at radius 1 is 1.20 bits per heavy atom. The number of benzene rings is 1. The van der Waals surface area contributed by atoms with Gasteiger partial charge in [0, 0.05) is 0 Å². The summed E-state index contributed by atoms with van der Waals surface area (Å²) in [6.07, 6.45) is 3.70. The Kier molecular flexibility index (Phi) is 3.50. The summed E-state index contributed by atoms with van der Waals surface area (Å²) in [6.45, 7) is 3.60. The smallest absolute Gasteiger partial charge is 0.262 e. The monoisotopic (exact) mass is 340 g/mol. The Morgan fingerprint density at radius 3 is 2.60 bits per heavy atom. The highest BCUT2D eigenvalue weighted by Crippen LogP contribution is 2.36. The molecule has 1 unspecified atom stereocenters. The van der Waals surface area contributed by atoms with Crippen LogP contribution in [0.5, 0.6) is 0 Å². The third-order valence-electron chi connectivity index (χ3n) is 5.20. The zero-order valence-electron chi connectivity index (χ0n) is 14.3. The standard InChI is InChI=1S/C18H20N4O3/c1-10-5-6-12-13(9-10)16(24)22(15(12)23)11(2)14-20-17(21-25-14)18(19)7-3-4-8-18/h5-6,9,11H,3-4,7-8,19H2,1-2H3. The predicted octanol–water partition coefficient (Wildman–Crippen LogP) is 2.46. The van der Waals surface area contributed by atoms with Crippen molar-refractivity contribution in [3.8, 4) is 0 Å². The first-order valence-electron chi connectivity index (χ1n) is 8.52. The van der Waals surface area contributed by atoms with Crippen molar-refractivity contribution in [2.24, 2.45) is 5.73 Å². The first-order valence-corrected chi connectivity index (χ1v) is 8.52. The summed E-state index contributed by atoms with van der Waals surface area (Å²) in [6, 6.07) is 4.60. The maximum absolute atomic E-state index is 12.7. The largest absolute Gasteiger partial charge is 0.337 e. The first-order chi connectivity index (χ1) is 11.9. The SMILES string of the molecule is Cc1ccc2c(c1)C(=O)N(C(C)c1nc(C3(N)CCCC3)no1)C2=O. The molecule has 2 heterocycles. The van der Waals surface area contributed by atoms with E-state index in [0.717, 1.165) is 31.2 Å². The average Bonchev–Trinajstić information content (AvgIpc) is 3.28. The molecule has 130 valence electrons. The molecule has 2 amide bonds. The second-order valence-corrected chi connectivity index (χ2v) is 7.02. The predicted molar refractivity (Wildman–Crippen MR) is 88.7 cm³/mol. The van der Waals surface area contributed by atoms with Crippen molar-refractivity contribution >= 4 is 11.8 Å². The molecule has 1 aliphatic heterocycles. The van der Waals surface area contributed by atoms with Crippen molar-refractivity contribution < 1.29 is 14.1 Å². The van der Waals surface area contributed by atoms with Crippen LogP contribution in [0.4, 0.5) is 0 Å². The van der Waals surface area contributed by atoms with Crippen LogP contribution in [0.3, 0.4) is 0 Å². The molecule has 0 spiro atoms. The fourth-order valence-electron chi connectivity index (χ4n) is 3.67. The lowest BCUT2D eigenvalue weighted by Gasteiger charge is -2.19. The number of amides is 2. The minimum absolute atomic E-state index is 0.234. The molecular weight excluding hydrogens is 320 g/mol. The van der Waals surface area contributed by atoms with Gasteiger partial charge in [-0.05, 0) is 38.8 Å². The van der Waals surface area contributed by atoms with Gasteiger partial charge in [-0.15, -0.1) is 0 Å². The number of nitrogens with two attached hydrogens (primary N) is 1. The van der Waals surface area contributed by atoms with Gasteiger partial charge in [-0.2, -0.15) is 4.98 Å². The second kappa shape index (κ2) is 5.49. The molecule has 0 radical (unpaired) electrons. The van der Waals surface area contributed by atoms with E-state index < -0.39 is 11.6 Å². The number of imide groups is 1. The lowest BCUT2D eigenvalue weighted by molar-refractivity contribution is 0.0568. The van der Waals surface area contributed by atoms with Gasteiger partial charge in [0.05, 0.1) is 16.7 Å². The Labute approximate surface area is 145 Å². The third kappa shape index (κ3) is 2.38. The Morgan fingerprint density at radius 2 is 1.88 bits per heavy atom. The van der Waals surface area contributed by atoms with Crippen molar-refractivity contribution in [3.05, 3.63) is 46.6 Å². The van der Waals surface area contributed by atoms with Crippen molar-refractivity contribution in [1.29, 1.82) is 0 Å². The molecular formula is C18H20N4O3. The van der Waals surface area contributed by atoms with Gasteiger partial charge in [0.25, 0.3) is 11.8 Å². The minimum Gasteiger partial charge on any atom is -0.337 e. The highest BCUT2D eigenvalue weighted by Gasteiger charge is 2.42. The zero-order valence-corrected chi connectivity index (χ0v) is 14.3. The lowest BCUT2D eigenvalue weighted by atomic mass is 9.99. The van der Waals surface area contributed by atoms with Gasteiger partial charge in [0.1, 0.15) is 6.04 Å². The topological polar surface area (TPSA) is 102 Å². The van der Waals surface area contributed by atoms with Gasteiger partial charge in [-0.1, -0.05) is 29.6 Å². The van der Waals surface area contributed by atoms with E-state index in [9.17, 15) is 9.59 Å².